The van der Waals surface area contributed by atoms with Crippen LogP contribution in [0.5, 0.6) is 0 Å². The van der Waals surface area contributed by atoms with E-state index in [-0.39, 0.29) is 0 Å². The van der Waals surface area contributed by atoms with E-state index in [0.29, 0.717) is 0 Å². The van der Waals surface area contributed by atoms with Crippen molar-refractivity contribution in [3.8, 4) is 0 Å². The first-order chi connectivity index (χ1) is 7.36. The normalized spacial score (nSPS) is 19.3. The van der Waals surface area contributed by atoms with Crippen LogP contribution in [0.2, 0.25) is 0 Å². The number of rotatable bonds is 0. The topological polar surface area (TPSA) is 25.8 Å². The van der Waals surface area contributed by atoms with Crippen LogP contribution in [0.15, 0.2) is 54.8 Å². The first-order valence-corrected chi connectivity index (χ1v) is 4.87. The molecule has 0 aromatic carbocycles. The largest absolute Gasteiger partial charge is 0.159 e. The maximum absolute atomic E-state index is 4.11. The van der Waals surface area contributed by atoms with Crippen molar-refractivity contribution in [2.45, 2.75) is 6.42 Å². The molecule has 74 valence electrons. The van der Waals surface area contributed by atoms with Gasteiger partial charge in [0, 0.05) is 6.42 Å². The number of aromatic nitrogens is 2. The van der Waals surface area contributed by atoms with Gasteiger partial charge in [-0.3, -0.25) is 0 Å². The van der Waals surface area contributed by atoms with E-state index >= 15 is 0 Å². The summed E-state index contributed by atoms with van der Waals surface area (Å²) < 4.78 is 0. The first kappa shape index (κ1) is 9.59. The van der Waals surface area contributed by atoms with E-state index in [1.165, 1.54) is 0 Å². The Hall–Kier alpha value is -1.96. The van der Waals surface area contributed by atoms with Crippen LogP contribution in [0.3, 0.4) is 0 Å². The molecule has 1 aliphatic carbocycles. The van der Waals surface area contributed by atoms with Gasteiger partial charge in [0.05, 0.1) is 11.9 Å². The molecule has 0 bridgehead atoms. The molecule has 0 saturated carbocycles. The Kier molecular flexibility index (Phi) is 2.88. The van der Waals surface area contributed by atoms with Crippen LogP contribution < -0.4 is 0 Å². The van der Waals surface area contributed by atoms with Crippen molar-refractivity contribution in [3.05, 3.63) is 66.1 Å². The van der Waals surface area contributed by atoms with Crippen molar-refractivity contribution in [2.75, 3.05) is 0 Å². The van der Waals surface area contributed by atoms with E-state index in [1.54, 1.807) is 6.20 Å². The molecule has 2 nitrogen and oxygen atoms in total. The summed E-state index contributed by atoms with van der Waals surface area (Å²) in [5, 5.41) is 8.00. The second-order valence-electron chi connectivity index (χ2n) is 3.33. The van der Waals surface area contributed by atoms with Gasteiger partial charge in [0.2, 0.25) is 0 Å². The number of hydrogen-bond donors (Lipinski definition) is 0. The van der Waals surface area contributed by atoms with Crippen LogP contribution in [-0.2, 0) is 6.42 Å². The molecule has 1 aromatic heterocycles. The molecule has 2 rings (SSSR count). The molecule has 0 N–H and O–H groups in total. The molecule has 0 saturated heterocycles. The molecule has 0 spiro atoms. The van der Waals surface area contributed by atoms with Crippen LogP contribution in [-0.4, -0.2) is 10.2 Å². The van der Waals surface area contributed by atoms with Gasteiger partial charge in [-0.1, -0.05) is 43.0 Å². The third-order valence-electron chi connectivity index (χ3n) is 2.18. The summed E-state index contributed by atoms with van der Waals surface area (Å²) in [5.74, 6) is 0. The fourth-order valence-corrected chi connectivity index (χ4v) is 1.37. The highest BCUT2D eigenvalue weighted by Crippen LogP contribution is 2.11. The lowest BCUT2D eigenvalue weighted by Gasteiger charge is -2.01. The monoisotopic (exact) mass is 196 g/mol. The Morgan fingerprint density at radius 2 is 2.07 bits per heavy atom. The molecule has 0 aliphatic heterocycles. The Morgan fingerprint density at radius 3 is 3.00 bits per heavy atom. The summed E-state index contributed by atoms with van der Waals surface area (Å²) in [7, 11) is 0. The number of allylic oxidation sites excluding steroid dienone is 6. The van der Waals surface area contributed by atoms with E-state index in [2.05, 4.69) is 22.9 Å². The van der Waals surface area contributed by atoms with Gasteiger partial charge in [-0.05, 0) is 17.2 Å². The van der Waals surface area contributed by atoms with Crippen molar-refractivity contribution in [2.24, 2.45) is 0 Å². The molecular weight excluding hydrogens is 184 g/mol. The summed E-state index contributed by atoms with van der Waals surface area (Å²) in [4.78, 5) is 0. The average molecular weight is 196 g/mol. The highest BCUT2D eigenvalue weighted by molar-refractivity contribution is 5.56. The van der Waals surface area contributed by atoms with Gasteiger partial charge in [0.1, 0.15) is 0 Å². The molecule has 1 heterocycles. The number of hydrogen-bond acceptors (Lipinski definition) is 2. The van der Waals surface area contributed by atoms with Gasteiger partial charge in [-0.15, -0.1) is 0 Å². The predicted octanol–water partition coefficient (Wildman–Crippen LogP) is 2.71. The summed E-state index contributed by atoms with van der Waals surface area (Å²) in [6, 6.07) is 1.96. The minimum Gasteiger partial charge on any atom is -0.159 e. The second-order valence-corrected chi connectivity index (χ2v) is 3.33. The van der Waals surface area contributed by atoms with Crippen LogP contribution >= 0.6 is 0 Å². The zero-order chi connectivity index (χ0) is 10.5. The standard InChI is InChI=1S/C13H12N2/c1-11-5-3-2-4-6-13-12(8-7-11)9-10-14-15-13/h2-5,7-10H,1,6H2/b4-2-,5-3-,8-7?. The van der Waals surface area contributed by atoms with Crippen molar-refractivity contribution in [1.82, 2.24) is 10.2 Å². The lowest BCUT2D eigenvalue weighted by atomic mass is 10.1. The molecular formula is C13H12N2. The smallest absolute Gasteiger partial charge is 0.0740 e. The van der Waals surface area contributed by atoms with E-state index in [9.17, 15) is 0 Å². The Labute approximate surface area is 89.4 Å². The molecule has 15 heavy (non-hydrogen) atoms. The lowest BCUT2D eigenvalue weighted by molar-refractivity contribution is 0.943. The molecule has 0 atom stereocenters. The first-order valence-electron chi connectivity index (χ1n) is 4.87. The minimum atomic E-state index is 0.810. The Bertz CT molecular complexity index is 453. The average Bonchev–Trinajstić information content (AvgIpc) is 2.27. The fraction of sp³-hybridized carbons (Fsp3) is 0.0769. The van der Waals surface area contributed by atoms with Crippen molar-refractivity contribution >= 4 is 6.08 Å². The van der Waals surface area contributed by atoms with E-state index < -0.39 is 0 Å². The van der Waals surface area contributed by atoms with Crippen LogP contribution in [0.4, 0.5) is 0 Å². The molecule has 2 heteroatoms. The summed E-state index contributed by atoms with van der Waals surface area (Å²) in [6.07, 6.45) is 14.5. The Balaban J connectivity index is 2.41. The number of fused-ring (bicyclic) bond motifs is 1. The SMILES string of the molecule is C=C1C=Cc2ccnnc2C/C=C\C=C/1. The zero-order valence-corrected chi connectivity index (χ0v) is 8.43. The van der Waals surface area contributed by atoms with E-state index in [1.807, 2.05) is 36.4 Å². The molecule has 0 fully saturated rings. The maximum atomic E-state index is 4.11. The highest BCUT2D eigenvalue weighted by atomic mass is 15.1. The van der Waals surface area contributed by atoms with Crippen LogP contribution in [0.1, 0.15) is 11.3 Å². The van der Waals surface area contributed by atoms with Gasteiger partial charge < -0.3 is 0 Å². The van der Waals surface area contributed by atoms with Gasteiger partial charge in [-0.2, -0.15) is 10.2 Å². The van der Waals surface area contributed by atoms with Gasteiger partial charge in [0.15, 0.2) is 0 Å². The molecule has 1 aromatic rings. The molecule has 0 amide bonds. The molecule has 1 aliphatic rings. The third kappa shape index (κ3) is 2.50. The summed E-state index contributed by atoms with van der Waals surface area (Å²) >= 11 is 0. The Morgan fingerprint density at radius 1 is 1.13 bits per heavy atom. The lowest BCUT2D eigenvalue weighted by Crippen LogP contribution is -1.94. The molecule has 0 unspecified atom stereocenters. The predicted molar refractivity (Wildman–Crippen MR) is 62.2 cm³/mol. The van der Waals surface area contributed by atoms with Crippen molar-refractivity contribution < 1.29 is 0 Å². The van der Waals surface area contributed by atoms with E-state index in [0.717, 1.165) is 23.3 Å². The molecule has 0 radical (unpaired) electrons. The summed E-state index contributed by atoms with van der Waals surface area (Å²) in [6.45, 7) is 3.92. The second kappa shape index (κ2) is 4.51. The summed E-state index contributed by atoms with van der Waals surface area (Å²) in [5.41, 5.74) is 3.07. The van der Waals surface area contributed by atoms with Crippen LogP contribution in [0, 0.1) is 0 Å². The maximum Gasteiger partial charge on any atom is 0.0740 e. The van der Waals surface area contributed by atoms with Crippen LogP contribution in [0.25, 0.3) is 6.08 Å². The van der Waals surface area contributed by atoms with Crippen molar-refractivity contribution in [1.29, 1.82) is 0 Å². The number of nitrogens with zero attached hydrogens (tertiary/aromatic N) is 2. The van der Waals surface area contributed by atoms with E-state index in [4.69, 9.17) is 0 Å². The quantitative estimate of drug-likeness (QED) is 0.637. The minimum absolute atomic E-state index is 0.810. The third-order valence-corrected chi connectivity index (χ3v) is 2.18. The highest BCUT2D eigenvalue weighted by Gasteiger charge is 1.99. The van der Waals surface area contributed by atoms with Gasteiger partial charge in [0.25, 0.3) is 0 Å². The zero-order valence-electron chi connectivity index (χ0n) is 8.43. The van der Waals surface area contributed by atoms with Crippen molar-refractivity contribution in [3.63, 3.8) is 0 Å². The van der Waals surface area contributed by atoms with Gasteiger partial charge >= 0.3 is 0 Å². The fourth-order valence-electron chi connectivity index (χ4n) is 1.37. The van der Waals surface area contributed by atoms with Gasteiger partial charge in [-0.25, -0.2) is 0 Å².